The SMILES string of the molecule is CN(C)c1ccc(C2(c3ccccc3)C34c5c6c7c8c9c%10c(c%11c%12c3c3c5c5c%13c6c6c7c7c9c9c%14c%10c%10c%11c%11c%12c%12c3c3c5c5c%13c%13c6c6c7c9c7c9c%14c%10c%10c%11c%11c%12c3c3c5c5c%13c6c7c6c9c%10c%11c3c56)C824)cc1. The van der Waals surface area contributed by atoms with Gasteiger partial charge in [-0.1, -0.05) is 42.5 Å². The lowest BCUT2D eigenvalue weighted by Gasteiger charge is -2.32. The van der Waals surface area contributed by atoms with Crippen molar-refractivity contribution in [2.24, 2.45) is 0 Å². The highest BCUT2D eigenvalue weighted by Crippen LogP contribution is 2.97. The van der Waals surface area contributed by atoms with Gasteiger partial charge in [0.2, 0.25) is 0 Å². The van der Waals surface area contributed by atoms with E-state index < -0.39 is 5.41 Å². The molecular weight excluding hydrogens is 915 g/mol. The average Bonchev–Trinajstić information content (AvgIpc) is 1.46. The van der Waals surface area contributed by atoms with E-state index in [2.05, 4.69) is 73.6 Å². The molecule has 5 aliphatic rings. The zero-order valence-electron chi connectivity index (χ0n) is 39.6. The van der Waals surface area contributed by atoms with Gasteiger partial charge >= 0.3 is 0 Å². The normalized spacial score (nSPS) is 23.3. The van der Waals surface area contributed by atoms with E-state index in [1.54, 1.807) is 313 Å². The first-order valence-corrected chi connectivity index (χ1v) is 28.4. The molecule has 30 aromatic rings. The van der Waals surface area contributed by atoms with Crippen LogP contribution in [0.15, 0.2) is 54.6 Å². The average molecular weight is 930 g/mol. The van der Waals surface area contributed by atoms with Gasteiger partial charge in [-0.25, -0.2) is 0 Å². The monoisotopic (exact) mass is 929 g/mol. The maximum atomic E-state index is 2.65. The Morgan fingerprint density at radius 2 is 0.355 bits per heavy atom. The number of anilines is 1. The van der Waals surface area contributed by atoms with E-state index in [9.17, 15) is 0 Å². The highest BCUT2D eigenvalue weighted by atomic mass is 15.1. The molecule has 1 saturated carbocycles. The minimum atomic E-state index is -0.406. The van der Waals surface area contributed by atoms with Crippen molar-refractivity contribution in [1.29, 1.82) is 0 Å². The summed E-state index contributed by atoms with van der Waals surface area (Å²) in [6.07, 6.45) is 0. The number of nitrogens with zero attached hydrogens (tertiary/aromatic N) is 1. The molecule has 1 heteroatoms. The van der Waals surface area contributed by atoms with Gasteiger partial charge in [-0.15, -0.1) is 0 Å². The molecule has 0 heterocycles. The summed E-state index contributed by atoms with van der Waals surface area (Å²) in [4.78, 5) is 2.32. The highest BCUT2D eigenvalue weighted by molar-refractivity contribution is 6.82. The molecule has 0 bridgehead atoms. The predicted molar refractivity (Wildman–Crippen MR) is 322 cm³/mol. The van der Waals surface area contributed by atoms with Crippen LogP contribution in [0.2, 0.25) is 0 Å². The standard InChI is InChI=1S/C75H15N/c1-76(2)14-10-8-13(9-11-14)73(12-6-4-3-5-7-12)74-69-61-53-43-33-25-17-15-16-19-23-21(17)29-37-31(23)41-35-27(19)28-20(16)24-22-18(15)26(25)34-40-30(22)38-32(24)42-36(28)46-45(35)55-49(41)59-51(37)57(47(53)39(29)33)65(69)67(59)71-63(55)64-56(46)50(42)60-52(38)58-48(40)54(44(34)43)62(61)70(74)66(58)68(60)72(64)75(71,73)74/h3-11H,1-2H3. The van der Waals surface area contributed by atoms with Gasteiger partial charge in [0, 0.05) is 19.8 Å². The lowest BCUT2D eigenvalue weighted by atomic mass is 9.68. The highest BCUT2D eigenvalue weighted by Gasteiger charge is 2.95. The lowest BCUT2D eigenvalue weighted by molar-refractivity contribution is 0.710. The predicted octanol–water partition coefficient (Wildman–Crippen LogP) is 19.4. The maximum Gasteiger partial charge on any atom is 0.0528 e. The molecule has 0 atom stereocenters. The Balaban J connectivity index is 1.11. The molecular formula is C75H15N. The van der Waals surface area contributed by atoms with Crippen molar-refractivity contribution < 1.29 is 0 Å². The van der Waals surface area contributed by atoms with Crippen molar-refractivity contribution >= 4 is 297 Å². The lowest BCUT2D eigenvalue weighted by Crippen LogP contribution is -2.27. The van der Waals surface area contributed by atoms with Crippen molar-refractivity contribution in [3.8, 4) is 0 Å². The summed E-state index contributed by atoms with van der Waals surface area (Å²) >= 11 is 0. The molecule has 1 fully saturated rings. The quantitative estimate of drug-likeness (QED) is 0.160. The summed E-state index contributed by atoms with van der Waals surface area (Å²) in [5.41, 5.74) is 10.2. The third-order valence-electron chi connectivity index (χ3n) is 27.4. The number of benzene rings is 20. The third kappa shape index (κ3) is 1.53. The maximum absolute atomic E-state index is 2.65. The fourth-order valence-electron chi connectivity index (χ4n) is 27.3. The van der Waals surface area contributed by atoms with Crippen molar-refractivity contribution in [3.05, 3.63) is 88.0 Å². The van der Waals surface area contributed by atoms with E-state index >= 15 is 0 Å². The first-order valence-electron chi connectivity index (χ1n) is 28.4. The van der Waals surface area contributed by atoms with Gasteiger partial charge in [-0.3, -0.25) is 0 Å². The summed E-state index contributed by atoms with van der Waals surface area (Å²) in [5, 5.41) is 89.8. The first kappa shape index (κ1) is 29.0. The van der Waals surface area contributed by atoms with E-state index in [4.69, 9.17) is 0 Å². The van der Waals surface area contributed by atoms with Crippen LogP contribution in [0.25, 0.3) is 291 Å². The molecule has 0 radical (unpaired) electrons. The van der Waals surface area contributed by atoms with Gasteiger partial charge in [0.15, 0.2) is 0 Å². The van der Waals surface area contributed by atoms with Gasteiger partial charge < -0.3 is 4.90 Å². The Bertz CT molecular complexity index is 7230. The van der Waals surface area contributed by atoms with Crippen LogP contribution in [0.4, 0.5) is 5.69 Å². The second-order valence-corrected chi connectivity index (χ2v) is 27.8. The van der Waals surface area contributed by atoms with E-state index in [1.165, 1.54) is 16.8 Å². The number of hydrogen-bond donors (Lipinski definition) is 0. The van der Waals surface area contributed by atoms with Crippen LogP contribution < -0.4 is 4.90 Å². The summed E-state index contributed by atoms with van der Waals surface area (Å²) in [6, 6.07) is 22.6. The van der Waals surface area contributed by atoms with E-state index in [0.717, 1.165) is 0 Å². The van der Waals surface area contributed by atoms with Crippen LogP contribution in [0.3, 0.4) is 0 Å². The zero-order chi connectivity index (χ0) is 45.7. The summed E-state index contributed by atoms with van der Waals surface area (Å²) in [5.74, 6) is 0. The molecule has 0 saturated heterocycles. The van der Waals surface area contributed by atoms with Crippen LogP contribution in [-0.2, 0) is 16.2 Å². The molecule has 76 heavy (non-hydrogen) atoms. The second kappa shape index (κ2) is 6.63. The molecule has 0 N–H and O–H groups in total. The van der Waals surface area contributed by atoms with Crippen LogP contribution in [0.1, 0.15) is 33.4 Å². The number of hydrogen-bond acceptors (Lipinski definition) is 1. The molecule has 0 unspecified atom stereocenters. The molecule has 5 aliphatic carbocycles. The second-order valence-electron chi connectivity index (χ2n) is 27.8. The minimum Gasteiger partial charge on any atom is -0.378 e. The Kier molecular flexibility index (Phi) is 2.53. The third-order valence-corrected chi connectivity index (χ3v) is 27.4. The molecule has 320 valence electrons. The minimum absolute atomic E-state index is 0.355. The summed E-state index contributed by atoms with van der Waals surface area (Å²) in [6.45, 7) is 0. The van der Waals surface area contributed by atoms with Crippen molar-refractivity contribution in [3.63, 3.8) is 0 Å². The van der Waals surface area contributed by atoms with Gasteiger partial charge in [-0.05, 0) is 336 Å². The Morgan fingerprint density at radius 1 is 0.184 bits per heavy atom. The fraction of sp³-hybridized carbons (Fsp3) is 0.0667. The topological polar surface area (TPSA) is 3.24 Å². The molecule has 30 aromatic carbocycles. The van der Waals surface area contributed by atoms with E-state index in [0.29, 0.717) is 0 Å². The smallest absolute Gasteiger partial charge is 0.0528 e. The summed E-state index contributed by atoms with van der Waals surface area (Å²) < 4.78 is 0. The van der Waals surface area contributed by atoms with Gasteiger partial charge in [0.05, 0.1) is 16.2 Å². The molecule has 0 aliphatic heterocycles. The summed E-state index contributed by atoms with van der Waals surface area (Å²) in [7, 11) is 4.45. The van der Waals surface area contributed by atoms with Crippen molar-refractivity contribution in [2.75, 3.05) is 19.0 Å². The Hall–Kier alpha value is -9.30. The van der Waals surface area contributed by atoms with E-state index in [-0.39, 0.29) is 10.8 Å². The number of rotatable bonds is 3. The molecule has 1 nitrogen and oxygen atoms in total. The van der Waals surface area contributed by atoms with Crippen molar-refractivity contribution in [1.82, 2.24) is 0 Å². The van der Waals surface area contributed by atoms with Crippen LogP contribution in [0.5, 0.6) is 0 Å². The van der Waals surface area contributed by atoms with Gasteiger partial charge in [0.1, 0.15) is 0 Å². The van der Waals surface area contributed by atoms with Gasteiger partial charge in [-0.2, -0.15) is 0 Å². The fourth-order valence-corrected chi connectivity index (χ4v) is 27.3. The molecule has 35 rings (SSSR count). The molecule has 0 aromatic heterocycles. The van der Waals surface area contributed by atoms with Gasteiger partial charge in [0.25, 0.3) is 0 Å². The molecule has 2 spiro atoms. The van der Waals surface area contributed by atoms with Crippen LogP contribution in [0, 0.1) is 0 Å². The Labute approximate surface area is 417 Å². The first-order chi connectivity index (χ1) is 37.8. The molecule has 0 amide bonds. The Morgan fingerprint density at radius 3 is 0.539 bits per heavy atom. The van der Waals surface area contributed by atoms with Crippen molar-refractivity contribution in [2.45, 2.75) is 16.2 Å². The largest absolute Gasteiger partial charge is 0.378 e. The zero-order valence-corrected chi connectivity index (χ0v) is 39.6. The van der Waals surface area contributed by atoms with Crippen LogP contribution >= 0.6 is 0 Å². The van der Waals surface area contributed by atoms with Crippen LogP contribution in [-0.4, -0.2) is 14.1 Å². The van der Waals surface area contributed by atoms with E-state index in [1.807, 2.05) is 0 Å².